The molecule has 1 aromatic carbocycles. The fourth-order valence-electron chi connectivity index (χ4n) is 3.28. The summed E-state index contributed by atoms with van der Waals surface area (Å²) < 4.78 is 25.5. The Bertz CT molecular complexity index is 948. The van der Waals surface area contributed by atoms with Crippen LogP contribution < -0.4 is 9.62 Å². The highest BCUT2D eigenvalue weighted by molar-refractivity contribution is 7.92. The number of fused-ring (bicyclic) bond motifs is 1. The van der Waals surface area contributed by atoms with E-state index in [1.165, 1.54) is 21.9 Å². The first-order valence-corrected chi connectivity index (χ1v) is 10.9. The summed E-state index contributed by atoms with van der Waals surface area (Å²) in [5.41, 5.74) is 3.48. The predicted octanol–water partition coefficient (Wildman–Crippen LogP) is 2.87. The average Bonchev–Trinajstić information content (AvgIpc) is 3.18. The molecule has 1 unspecified atom stereocenters. The molecule has 6 nitrogen and oxygen atoms in total. The predicted molar refractivity (Wildman–Crippen MR) is 99.4 cm³/mol. The lowest BCUT2D eigenvalue weighted by Gasteiger charge is -2.21. The summed E-state index contributed by atoms with van der Waals surface area (Å²) in [5, 5.41) is 5.38. The fraction of sp³-hybridized carbons (Fsp3) is 0.412. The largest absolute Gasteiger partial charge is 0.302 e. The molecule has 1 saturated carbocycles. The van der Waals surface area contributed by atoms with Crippen molar-refractivity contribution in [3.63, 3.8) is 0 Å². The second kappa shape index (κ2) is 5.81. The first kappa shape index (κ1) is 16.5. The molecule has 2 aromatic rings. The van der Waals surface area contributed by atoms with Gasteiger partial charge in [0.25, 0.3) is 0 Å². The monoisotopic (exact) mass is 377 g/mol. The van der Waals surface area contributed by atoms with Crippen molar-refractivity contribution in [1.82, 2.24) is 4.98 Å². The zero-order chi connectivity index (χ0) is 17.8. The molecule has 1 aromatic heterocycles. The molecule has 1 N–H and O–H groups in total. The van der Waals surface area contributed by atoms with Gasteiger partial charge in [0.15, 0.2) is 5.13 Å². The first-order chi connectivity index (χ1) is 11.8. The Kier molecular flexibility index (Phi) is 3.84. The van der Waals surface area contributed by atoms with Crippen molar-refractivity contribution in [3.05, 3.63) is 29.1 Å². The molecule has 1 amide bonds. The summed E-state index contributed by atoms with van der Waals surface area (Å²) >= 11 is 1.41. The van der Waals surface area contributed by atoms with Crippen LogP contribution in [0.25, 0.3) is 11.3 Å². The Labute approximate surface area is 150 Å². The number of carbonyl (C=O) groups is 1. The normalized spacial score (nSPS) is 19.8. The van der Waals surface area contributed by atoms with Crippen LogP contribution in [-0.2, 0) is 21.2 Å². The number of benzene rings is 1. The molecule has 0 radical (unpaired) electrons. The van der Waals surface area contributed by atoms with E-state index in [0.717, 1.165) is 35.3 Å². The van der Waals surface area contributed by atoms with Crippen LogP contribution in [0.2, 0.25) is 0 Å². The third-order valence-electron chi connectivity index (χ3n) is 4.57. The van der Waals surface area contributed by atoms with Gasteiger partial charge in [0, 0.05) is 22.9 Å². The van der Waals surface area contributed by atoms with Crippen LogP contribution in [0.1, 0.15) is 25.3 Å². The lowest BCUT2D eigenvalue weighted by molar-refractivity contribution is -0.117. The van der Waals surface area contributed by atoms with Gasteiger partial charge >= 0.3 is 0 Å². The van der Waals surface area contributed by atoms with Crippen LogP contribution in [0.4, 0.5) is 10.8 Å². The molecule has 0 bridgehead atoms. The van der Waals surface area contributed by atoms with Crippen molar-refractivity contribution in [2.75, 3.05) is 15.9 Å². The zero-order valence-electron chi connectivity index (χ0n) is 14.0. The van der Waals surface area contributed by atoms with Crippen LogP contribution in [-0.4, -0.2) is 31.6 Å². The van der Waals surface area contributed by atoms with Crippen LogP contribution in [0, 0.1) is 5.92 Å². The highest BCUT2D eigenvalue weighted by Gasteiger charge is 2.33. The van der Waals surface area contributed by atoms with Crippen molar-refractivity contribution >= 4 is 38.1 Å². The Morgan fingerprint density at radius 3 is 2.80 bits per heavy atom. The maximum atomic E-state index is 12.0. The summed E-state index contributed by atoms with van der Waals surface area (Å²) in [4.78, 5) is 16.3. The molecule has 2 heterocycles. The van der Waals surface area contributed by atoms with Gasteiger partial charge in [-0.05, 0) is 43.9 Å². The molecule has 2 aliphatic rings. The lowest BCUT2D eigenvalue weighted by atomic mass is 10.1. The Hall–Kier alpha value is -1.93. The third kappa shape index (κ3) is 3.16. The quantitative estimate of drug-likeness (QED) is 0.888. The molecule has 0 spiro atoms. The SMILES string of the molecule is CC1Cc2cc(-c3csc(NC(=O)C4CC4)n3)ccc2N1S(C)(=O)=O. The number of nitrogens with zero attached hydrogens (tertiary/aromatic N) is 2. The standard InChI is InChI=1S/C17H19N3O3S2/c1-10-7-13-8-12(5-6-15(13)20(10)25(2,22)23)14-9-24-17(18-14)19-16(21)11-3-4-11/h5-6,8-11H,3-4,7H2,1-2H3,(H,18,19,21). The topological polar surface area (TPSA) is 79.4 Å². The maximum absolute atomic E-state index is 12.0. The van der Waals surface area contributed by atoms with Crippen molar-refractivity contribution in [3.8, 4) is 11.3 Å². The molecular weight excluding hydrogens is 358 g/mol. The average molecular weight is 377 g/mol. The van der Waals surface area contributed by atoms with E-state index in [4.69, 9.17) is 0 Å². The zero-order valence-corrected chi connectivity index (χ0v) is 15.7. The van der Waals surface area contributed by atoms with Gasteiger partial charge in [0.2, 0.25) is 15.9 Å². The van der Waals surface area contributed by atoms with Gasteiger partial charge in [-0.15, -0.1) is 11.3 Å². The Morgan fingerprint density at radius 1 is 1.36 bits per heavy atom. The number of amides is 1. The first-order valence-electron chi connectivity index (χ1n) is 8.22. The molecular formula is C17H19N3O3S2. The number of sulfonamides is 1. The molecule has 8 heteroatoms. The van der Waals surface area contributed by atoms with Crippen molar-refractivity contribution in [2.24, 2.45) is 5.92 Å². The summed E-state index contributed by atoms with van der Waals surface area (Å²) in [7, 11) is -3.28. The van der Waals surface area contributed by atoms with E-state index in [1.54, 1.807) is 0 Å². The van der Waals surface area contributed by atoms with Gasteiger partial charge in [-0.2, -0.15) is 0 Å². The molecule has 132 valence electrons. The van der Waals surface area contributed by atoms with Crippen LogP contribution >= 0.6 is 11.3 Å². The van der Waals surface area contributed by atoms with Gasteiger partial charge in [0.1, 0.15) is 0 Å². The van der Waals surface area contributed by atoms with Crippen LogP contribution in [0.15, 0.2) is 23.6 Å². The number of nitrogens with one attached hydrogen (secondary N) is 1. The van der Waals surface area contributed by atoms with Gasteiger partial charge in [-0.3, -0.25) is 9.10 Å². The van der Waals surface area contributed by atoms with E-state index in [1.807, 2.05) is 30.5 Å². The number of anilines is 2. The summed E-state index contributed by atoms with van der Waals surface area (Å²) in [6.45, 7) is 1.91. The molecule has 1 atom stereocenters. The van der Waals surface area contributed by atoms with E-state index in [9.17, 15) is 13.2 Å². The van der Waals surface area contributed by atoms with Crippen molar-refractivity contribution in [1.29, 1.82) is 0 Å². The number of carbonyl (C=O) groups excluding carboxylic acids is 1. The van der Waals surface area contributed by atoms with Crippen molar-refractivity contribution < 1.29 is 13.2 Å². The minimum absolute atomic E-state index is 0.0486. The van der Waals surface area contributed by atoms with Gasteiger partial charge in [-0.25, -0.2) is 13.4 Å². The molecule has 1 aliphatic carbocycles. The van der Waals surface area contributed by atoms with E-state index in [0.29, 0.717) is 11.6 Å². The minimum atomic E-state index is -3.28. The number of aromatic nitrogens is 1. The van der Waals surface area contributed by atoms with Crippen molar-refractivity contribution in [2.45, 2.75) is 32.2 Å². The van der Waals surface area contributed by atoms with E-state index in [-0.39, 0.29) is 17.9 Å². The molecule has 0 saturated heterocycles. The van der Waals surface area contributed by atoms with Gasteiger partial charge < -0.3 is 5.32 Å². The maximum Gasteiger partial charge on any atom is 0.232 e. The van der Waals surface area contributed by atoms with E-state index < -0.39 is 10.0 Å². The Morgan fingerprint density at radius 2 is 2.12 bits per heavy atom. The van der Waals surface area contributed by atoms with Gasteiger partial charge in [-0.1, -0.05) is 6.07 Å². The third-order valence-corrected chi connectivity index (χ3v) is 6.60. The van der Waals surface area contributed by atoms with Crippen LogP contribution in [0.3, 0.4) is 0 Å². The molecule has 1 fully saturated rings. The second-order valence-corrected chi connectivity index (χ2v) is 9.47. The number of thiazole rings is 1. The Balaban J connectivity index is 1.60. The second-order valence-electron chi connectivity index (χ2n) is 6.76. The highest BCUT2D eigenvalue weighted by atomic mass is 32.2. The number of hydrogen-bond donors (Lipinski definition) is 1. The molecule has 4 rings (SSSR count). The molecule has 1 aliphatic heterocycles. The fourth-order valence-corrected chi connectivity index (χ4v) is 5.27. The van der Waals surface area contributed by atoms with E-state index >= 15 is 0 Å². The summed E-state index contributed by atoms with van der Waals surface area (Å²) in [6, 6.07) is 5.65. The van der Waals surface area contributed by atoms with E-state index in [2.05, 4.69) is 10.3 Å². The summed E-state index contributed by atoms with van der Waals surface area (Å²) in [6.07, 6.45) is 3.85. The number of hydrogen-bond acceptors (Lipinski definition) is 5. The lowest BCUT2D eigenvalue weighted by Crippen LogP contribution is -2.34. The molecule has 25 heavy (non-hydrogen) atoms. The number of rotatable bonds is 4. The van der Waals surface area contributed by atoms with Gasteiger partial charge in [0.05, 0.1) is 17.6 Å². The summed E-state index contributed by atoms with van der Waals surface area (Å²) in [5.74, 6) is 0.197. The van der Waals surface area contributed by atoms with Crippen LogP contribution in [0.5, 0.6) is 0 Å². The minimum Gasteiger partial charge on any atom is -0.302 e. The smallest absolute Gasteiger partial charge is 0.232 e. The highest BCUT2D eigenvalue weighted by Crippen LogP contribution is 2.37.